The number of halogens is 1. The molecule has 0 fully saturated rings. The monoisotopic (exact) mass is 316 g/mol. The molecule has 0 saturated heterocycles. The number of hydrogen-bond donors (Lipinski definition) is 3. The zero-order valence-electron chi connectivity index (χ0n) is 12.0. The standard InChI is InChI=1S/C14H20N2O4.ClH/c1-3-20-14(19)12(16-13(18)9(2)15)8-10-4-6-11(17)7-5-10;/h4-7,9,12,17H,3,8,15H2,1-2H3,(H,16,18);1H. The van der Waals surface area contributed by atoms with Crippen LogP contribution in [-0.2, 0) is 20.7 Å². The number of phenolic OH excluding ortho intramolecular Hbond substituents is 1. The first-order valence-electron chi connectivity index (χ1n) is 6.44. The molecular formula is C14H21ClN2O4. The minimum atomic E-state index is -0.794. The summed E-state index contributed by atoms with van der Waals surface area (Å²) in [6.07, 6.45) is 0.275. The van der Waals surface area contributed by atoms with Gasteiger partial charge in [-0.1, -0.05) is 12.1 Å². The van der Waals surface area contributed by atoms with Gasteiger partial charge in [-0.05, 0) is 31.5 Å². The Bertz CT molecular complexity index is 463. The Morgan fingerprint density at radius 1 is 1.33 bits per heavy atom. The predicted octanol–water partition coefficient (Wildman–Crippen LogP) is 0.752. The maximum Gasteiger partial charge on any atom is 0.328 e. The van der Waals surface area contributed by atoms with Crippen molar-refractivity contribution in [1.82, 2.24) is 5.32 Å². The number of carbonyl (C=O) groups is 2. The van der Waals surface area contributed by atoms with Crippen molar-refractivity contribution in [3.8, 4) is 5.75 Å². The van der Waals surface area contributed by atoms with E-state index in [1.54, 1.807) is 19.1 Å². The predicted molar refractivity (Wildman–Crippen MR) is 81.3 cm³/mol. The second-order valence-electron chi connectivity index (χ2n) is 4.47. The molecule has 1 aromatic carbocycles. The summed E-state index contributed by atoms with van der Waals surface area (Å²) >= 11 is 0. The van der Waals surface area contributed by atoms with Crippen LogP contribution in [0.1, 0.15) is 19.4 Å². The van der Waals surface area contributed by atoms with E-state index in [1.165, 1.54) is 19.1 Å². The second kappa shape index (κ2) is 9.20. The van der Waals surface area contributed by atoms with Crippen LogP contribution in [0.4, 0.5) is 0 Å². The molecule has 0 aliphatic rings. The molecule has 7 heteroatoms. The number of ether oxygens (including phenoxy) is 1. The number of nitrogens with two attached hydrogens (primary N) is 1. The SMILES string of the molecule is CCOC(=O)C(Cc1ccc(O)cc1)NC(=O)C(C)N.Cl. The molecule has 0 aliphatic carbocycles. The molecule has 0 spiro atoms. The molecule has 21 heavy (non-hydrogen) atoms. The number of carbonyl (C=O) groups excluding carboxylic acids is 2. The van der Waals surface area contributed by atoms with Crippen molar-refractivity contribution in [1.29, 1.82) is 0 Å². The molecular weight excluding hydrogens is 296 g/mol. The first-order valence-corrected chi connectivity index (χ1v) is 6.44. The van der Waals surface area contributed by atoms with E-state index < -0.39 is 24.0 Å². The maximum atomic E-state index is 11.8. The highest BCUT2D eigenvalue weighted by molar-refractivity contribution is 5.87. The van der Waals surface area contributed by atoms with Crippen molar-refractivity contribution in [2.24, 2.45) is 5.73 Å². The normalized spacial score (nSPS) is 12.7. The first-order chi connectivity index (χ1) is 9.43. The van der Waals surface area contributed by atoms with E-state index in [2.05, 4.69) is 5.32 Å². The maximum absolute atomic E-state index is 11.8. The first kappa shape index (κ1) is 19.2. The molecule has 1 rings (SSSR count). The van der Waals surface area contributed by atoms with Gasteiger partial charge in [-0.3, -0.25) is 4.79 Å². The zero-order chi connectivity index (χ0) is 15.1. The third kappa shape index (κ3) is 6.46. The van der Waals surface area contributed by atoms with Gasteiger partial charge >= 0.3 is 5.97 Å². The van der Waals surface area contributed by atoms with Crippen molar-refractivity contribution >= 4 is 24.3 Å². The van der Waals surface area contributed by atoms with Crippen LogP contribution in [0, 0.1) is 0 Å². The smallest absolute Gasteiger partial charge is 0.328 e. The average molecular weight is 317 g/mol. The van der Waals surface area contributed by atoms with E-state index >= 15 is 0 Å². The highest BCUT2D eigenvalue weighted by atomic mass is 35.5. The molecule has 4 N–H and O–H groups in total. The van der Waals surface area contributed by atoms with Crippen LogP contribution in [0.15, 0.2) is 24.3 Å². The molecule has 1 aromatic rings. The van der Waals surface area contributed by atoms with Gasteiger partial charge < -0.3 is 20.9 Å². The molecule has 1 amide bonds. The number of nitrogens with one attached hydrogen (secondary N) is 1. The molecule has 0 saturated carbocycles. The van der Waals surface area contributed by atoms with Crippen molar-refractivity contribution in [2.45, 2.75) is 32.4 Å². The third-order valence-electron chi connectivity index (χ3n) is 2.68. The summed E-state index contributed by atoms with van der Waals surface area (Å²) < 4.78 is 4.94. The number of benzene rings is 1. The Hall–Kier alpha value is -1.79. The van der Waals surface area contributed by atoms with Crippen LogP contribution in [-0.4, -0.2) is 35.7 Å². The minimum absolute atomic E-state index is 0. The number of phenols is 1. The summed E-state index contributed by atoms with van der Waals surface area (Å²) in [5.74, 6) is -0.780. The number of hydrogen-bond acceptors (Lipinski definition) is 5. The van der Waals surface area contributed by atoms with E-state index in [0.29, 0.717) is 0 Å². The Kier molecular flexibility index (Phi) is 8.42. The van der Waals surface area contributed by atoms with Gasteiger partial charge in [-0.15, -0.1) is 12.4 Å². The van der Waals surface area contributed by atoms with Gasteiger partial charge in [0.15, 0.2) is 0 Å². The summed E-state index contributed by atoms with van der Waals surface area (Å²) in [5.41, 5.74) is 6.27. The summed E-state index contributed by atoms with van der Waals surface area (Å²) in [4.78, 5) is 23.5. The van der Waals surface area contributed by atoms with Gasteiger partial charge in [-0.2, -0.15) is 0 Å². The number of esters is 1. The van der Waals surface area contributed by atoms with E-state index in [-0.39, 0.29) is 31.2 Å². The lowest BCUT2D eigenvalue weighted by atomic mass is 10.1. The highest BCUT2D eigenvalue weighted by Crippen LogP contribution is 2.12. The third-order valence-corrected chi connectivity index (χ3v) is 2.68. The van der Waals surface area contributed by atoms with Gasteiger partial charge in [0.25, 0.3) is 0 Å². The lowest BCUT2D eigenvalue weighted by Gasteiger charge is -2.18. The van der Waals surface area contributed by atoms with Crippen LogP contribution in [0.3, 0.4) is 0 Å². The van der Waals surface area contributed by atoms with Gasteiger partial charge in [0.1, 0.15) is 11.8 Å². The van der Waals surface area contributed by atoms with Crippen LogP contribution in [0.2, 0.25) is 0 Å². The Labute approximate surface area is 130 Å². The van der Waals surface area contributed by atoms with Gasteiger partial charge in [-0.25, -0.2) is 4.79 Å². The van der Waals surface area contributed by atoms with Crippen molar-refractivity contribution in [3.05, 3.63) is 29.8 Å². The fraction of sp³-hybridized carbons (Fsp3) is 0.429. The van der Waals surface area contributed by atoms with Crippen LogP contribution < -0.4 is 11.1 Å². The molecule has 2 unspecified atom stereocenters. The quantitative estimate of drug-likeness (QED) is 0.672. The van der Waals surface area contributed by atoms with Gasteiger partial charge in [0, 0.05) is 6.42 Å². The largest absolute Gasteiger partial charge is 0.508 e. The Morgan fingerprint density at radius 3 is 2.38 bits per heavy atom. The Balaban J connectivity index is 0.00000400. The highest BCUT2D eigenvalue weighted by Gasteiger charge is 2.23. The van der Waals surface area contributed by atoms with Crippen LogP contribution >= 0.6 is 12.4 Å². The Morgan fingerprint density at radius 2 is 1.90 bits per heavy atom. The summed E-state index contributed by atoms with van der Waals surface area (Å²) in [7, 11) is 0. The molecule has 0 aliphatic heterocycles. The molecule has 0 bridgehead atoms. The summed E-state index contributed by atoms with van der Waals surface area (Å²) in [5, 5.41) is 11.8. The number of aromatic hydroxyl groups is 1. The number of amides is 1. The molecule has 2 atom stereocenters. The number of rotatable bonds is 6. The van der Waals surface area contributed by atoms with E-state index in [4.69, 9.17) is 10.5 Å². The zero-order valence-corrected chi connectivity index (χ0v) is 12.9. The minimum Gasteiger partial charge on any atom is -0.508 e. The van der Waals surface area contributed by atoms with Gasteiger partial charge in [0.05, 0.1) is 12.6 Å². The van der Waals surface area contributed by atoms with E-state index in [1.807, 2.05) is 0 Å². The molecule has 6 nitrogen and oxygen atoms in total. The lowest BCUT2D eigenvalue weighted by molar-refractivity contribution is -0.147. The van der Waals surface area contributed by atoms with Gasteiger partial charge in [0.2, 0.25) is 5.91 Å². The van der Waals surface area contributed by atoms with Crippen molar-refractivity contribution in [2.75, 3.05) is 6.61 Å². The van der Waals surface area contributed by atoms with Crippen molar-refractivity contribution in [3.63, 3.8) is 0 Å². The fourth-order valence-corrected chi connectivity index (χ4v) is 1.61. The molecule has 0 radical (unpaired) electrons. The summed E-state index contributed by atoms with van der Waals surface area (Å²) in [6.45, 7) is 3.47. The second-order valence-corrected chi connectivity index (χ2v) is 4.47. The topological polar surface area (TPSA) is 102 Å². The average Bonchev–Trinajstić information content (AvgIpc) is 2.40. The molecule has 0 heterocycles. The van der Waals surface area contributed by atoms with Crippen molar-refractivity contribution < 1.29 is 19.4 Å². The summed E-state index contributed by atoms with van der Waals surface area (Å²) in [6, 6.07) is 4.90. The van der Waals surface area contributed by atoms with Crippen LogP contribution in [0.5, 0.6) is 5.75 Å². The molecule has 0 aromatic heterocycles. The van der Waals surface area contributed by atoms with E-state index in [0.717, 1.165) is 5.56 Å². The lowest BCUT2D eigenvalue weighted by Crippen LogP contribution is -2.48. The molecule has 118 valence electrons. The van der Waals surface area contributed by atoms with Crippen LogP contribution in [0.25, 0.3) is 0 Å². The van der Waals surface area contributed by atoms with E-state index in [9.17, 15) is 14.7 Å². The fourth-order valence-electron chi connectivity index (χ4n) is 1.61.